The summed E-state index contributed by atoms with van der Waals surface area (Å²) in [4.78, 5) is 9.42. The predicted molar refractivity (Wildman–Crippen MR) is 116 cm³/mol. The van der Waals surface area contributed by atoms with Crippen molar-refractivity contribution < 1.29 is 4.74 Å². The molecule has 4 rings (SSSR count). The maximum absolute atomic E-state index is 5.58. The lowest BCUT2D eigenvalue weighted by atomic mass is 10.3. The van der Waals surface area contributed by atoms with E-state index in [0.29, 0.717) is 0 Å². The lowest BCUT2D eigenvalue weighted by molar-refractivity contribution is 0.177. The lowest BCUT2D eigenvalue weighted by Crippen LogP contribution is -2.49. The van der Waals surface area contributed by atoms with E-state index in [2.05, 4.69) is 33.3 Å². The number of ether oxygens (including phenoxy) is 1. The van der Waals surface area contributed by atoms with Gasteiger partial charge in [-0.15, -0.1) is 11.3 Å². The van der Waals surface area contributed by atoms with Gasteiger partial charge in [0.1, 0.15) is 10.8 Å². The fourth-order valence-corrected chi connectivity index (χ4v) is 4.48. The molecule has 0 saturated carbocycles. The monoisotopic (exact) mass is 398 g/mol. The number of aromatic nitrogens is 1. The standard InChI is InChI=1S/C20H22N4OS2/c1-25-16-8-6-15(7-9-16)21-20(26)24-12-10-23(11-13-24)14-19-22-17-4-2-3-5-18(17)27-19/h2-9H,10-14H2,1H3,(H,21,26). The van der Waals surface area contributed by atoms with Gasteiger partial charge in [0.05, 0.1) is 23.9 Å². The maximum atomic E-state index is 5.58. The lowest BCUT2D eigenvalue weighted by Gasteiger charge is -2.35. The number of methoxy groups -OCH3 is 1. The van der Waals surface area contributed by atoms with Crippen LogP contribution in [0.3, 0.4) is 0 Å². The number of anilines is 1. The minimum absolute atomic E-state index is 0.778. The Hall–Kier alpha value is -2.22. The van der Waals surface area contributed by atoms with Gasteiger partial charge in [0, 0.05) is 31.9 Å². The van der Waals surface area contributed by atoms with Gasteiger partial charge in [-0.3, -0.25) is 4.90 Å². The number of thiocarbonyl (C=S) groups is 1. The van der Waals surface area contributed by atoms with Crippen molar-refractivity contribution >= 4 is 44.6 Å². The van der Waals surface area contributed by atoms with Crippen LogP contribution in [0.2, 0.25) is 0 Å². The summed E-state index contributed by atoms with van der Waals surface area (Å²) < 4.78 is 6.45. The van der Waals surface area contributed by atoms with Crippen LogP contribution in [-0.4, -0.2) is 53.2 Å². The summed E-state index contributed by atoms with van der Waals surface area (Å²) in [6.07, 6.45) is 0. The largest absolute Gasteiger partial charge is 0.497 e. The zero-order chi connectivity index (χ0) is 18.6. The molecule has 0 atom stereocenters. The third-order valence-electron chi connectivity index (χ3n) is 4.70. The Labute approximate surface area is 168 Å². The van der Waals surface area contributed by atoms with Crippen LogP contribution in [-0.2, 0) is 6.54 Å². The van der Waals surface area contributed by atoms with E-state index in [1.54, 1.807) is 18.4 Å². The first-order valence-corrected chi connectivity index (χ1v) is 10.2. The fraction of sp³-hybridized carbons (Fsp3) is 0.300. The molecule has 0 aliphatic carbocycles. The molecule has 1 aromatic heterocycles. The van der Waals surface area contributed by atoms with E-state index in [4.69, 9.17) is 21.9 Å². The van der Waals surface area contributed by atoms with Crippen molar-refractivity contribution in [2.24, 2.45) is 0 Å². The van der Waals surface area contributed by atoms with Gasteiger partial charge in [-0.05, 0) is 48.6 Å². The van der Waals surface area contributed by atoms with Crippen LogP contribution in [0.25, 0.3) is 10.2 Å². The molecule has 1 N–H and O–H groups in total. The molecule has 5 nitrogen and oxygen atoms in total. The molecule has 1 fully saturated rings. The second-order valence-corrected chi connectivity index (χ2v) is 8.00. The third kappa shape index (κ3) is 4.37. The normalized spacial score (nSPS) is 15.1. The van der Waals surface area contributed by atoms with Gasteiger partial charge in [0.2, 0.25) is 0 Å². The van der Waals surface area contributed by atoms with Gasteiger partial charge in [-0.2, -0.15) is 0 Å². The summed E-state index contributed by atoms with van der Waals surface area (Å²) >= 11 is 7.37. The van der Waals surface area contributed by atoms with Gasteiger partial charge >= 0.3 is 0 Å². The highest BCUT2D eigenvalue weighted by Crippen LogP contribution is 2.23. The SMILES string of the molecule is COc1ccc(NC(=S)N2CCN(Cc3nc4ccccc4s3)CC2)cc1. The molecule has 7 heteroatoms. The average molecular weight is 399 g/mol. The summed E-state index contributed by atoms with van der Waals surface area (Å²) in [5, 5.41) is 5.28. The Bertz CT molecular complexity index is 884. The number of thiazole rings is 1. The number of para-hydroxylation sites is 1. The molecule has 27 heavy (non-hydrogen) atoms. The van der Waals surface area contributed by atoms with Crippen LogP contribution in [0, 0.1) is 0 Å². The van der Waals surface area contributed by atoms with E-state index in [1.165, 1.54) is 9.71 Å². The summed E-state index contributed by atoms with van der Waals surface area (Å²) in [6.45, 7) is 4.73. The van der Waals surface area contributed by atoms with Crippen molar-refractivity contribution in [1.29, 1.82) is 0 Å². The van der Waals surface area contributed by atoms with Crippen LogP contribution in [0.4, 0.5) is 5.69 Å². The highest BCUT2D eigenvalue weighted by Gasteiger charge is 2.20. The molecule has 2 aromatic carbocycles. The average Bonchev–Trinajstić information content (AvgIpc) is 3.11. The molecule has 140 valence electrons. The molecule has 0 spiro atoms. The van der Waals surface area contributed by atoms with Gasteiger partial charge in [-0.1, -0.05) is 12.1 Å². The molecule has 1 aliphatic heterocycles. The van der Waals surface area contributed by atoms with Gasteiger partial charge in [-0.25, -0.2) is 4.98 Å². The highest BCUT2D eigenvalue weighted by molar-refractivity contribution is 7.80. The molecule has 0 bridgehead atoms. The fourth-order valence-electron chi connectivity index (χ4n) is 3.16. The molecule has 3 aromatic rings. The van der Waals surface area contributed by atoms with Crippen molar-refractivity contribution in [2.45, 2.75) is 6.54 Å². The number of nitrogens with one attached hydrogen (secondary N) is 1. The number of hydrogen-bond donors (Lipinski definition) is 1. The molecule has 1 aliphatic rings. The van der Waals surface area contributed by atoms with Crippen LogP contribution in [0.1, 0.15) is 5.01 Å². The Balaban J connectivity index is 1.29. The predicted octanol–water partition coefficient (Wildman–Crippen LogP) is 3.82. The second-order valence-electron chi connectivity index (χ2n) is 6.50. The first-order chi connectivity index (χ1) is 13.2. The minimum atomic E-state index is 0.778. The quantitative estimate of drug-likeness (QED) is 0.674. The molecule has 0 radical (unpaired) electrons. The minimum Gasteiger partial charge on any atom is -0.497 e. The van der Waals surface area contributed by atoms with Gasteiger partial charge in [0.25, 0.3) is 0 Å². The Morgan fingerprint density at radius 3 is 2.56 bits per heavy atom. The maximum Gasteiger partial charge on any atom is 0.173 e. The molecular weight excluding hydrogens is 376 g/mol. The van der Waals surface area contributed by atoms with E-state index in [0.717, 1.165) is 54.8 Å². The molecule has 1 saturated heterocycles. The van der Waals surface area contributed by atoms with E-state index in [-0.39, 0.29) is 0 Å². The third-order valence-corrected chi connectivity index (χ3v) is 6.08. The van der Waals surface area contributed by atoms with Crippen LogP contribution < -0.4 is 10.1 Å². The molecule has 0 amide bonds. The van der Waals surface area contributed by atoms with E-state index in [9.17, 15) is 0 Å². The van der Waals surface area contributed by atoms with Crippen molar-refractivity contribution in [2.75, 3.05) is 38.6 Å². The van der Waals surface area contributed by atoms with Crippen LogP contribution in [0.5, 0.6) is 5.75 Å². The number of hydrogen-bond acceptors (Lipinski definition) is 5. The summed E-state index contributed by atoms with van der Waals surface area (Å²) in [7, 11) is 1.67. The first kappa shape index (κ1) is 18.2. The molecule has 0 unspecified atom stereocenters. The van der Waals surface area contributed by atoms with Crippen LogP contribution >= 0.6 is 23.6 Å². The number of piperazine rings is 1. The second kappa shape index (κ2) is 8.21. The van der Waals surface area contributed by atoms with E-state index >= 15 is 0 Å². The van der Waals surface area contributed by atoms with Gasteiger partial charge < -0.3 is 15.0 Å². The van der Waals surface area contributed by atoms with Crippen molar-refractivity contribution in [3.05, 3.63) is 53.5 Å². The zero-order valence-electron chi connectivity index (χ0n) is 15.2. The van der Waals surface area contributed by atoms with E-state index < -0.39 is 0 Å². The first-order valence-electron chi connectivity index (χ1n) is 8.98. The topological polar surface area (TPSA) is 40.6 Å². The van der Waals surface area contributed by atoms with Crippen molar-refractivity contribution in [3.8, 4) is 5.75 Å². The number of benzene rings is 2. The zero-order valence-corrected chi connectivity index (χ0v) is 16.9. The highest BCUT2D eigenvalue weighted by atomic mass is 32.1. The number of rotatable bonds is 4. The summed E-state index contributed by atoms with van der Waals surface area (Å²) in [6, 6.07) is 16.2. The number of fused-ring (bicyclic) bond motifs is 1. The Morgan fingerprint density at radius 1 is 1.11 bits per heavy atom. The Morgan fingerprint density at radius 2 is 1.85 bits per heavy atom. The summed E-state index contributed by atoms with van der Waals surface area (Å²) in [5.74, 6) is 0.843. The summed E-state index contributed by atoms with van der Waals surface area (Å²) in [5.41, 5.74) is 2.08. The van der Waals surface area contributed by atoms with Crippen molar-refractivity contribution in [3.63, 3.8) is 0 Å². The Kier molecular flexibility index (Phi) is 5.52. The molecular formula is C20H22N4OS2. The molecule has 2 heterocycles. The van der Waals surface area contributed by atoms with Crippen molar-refractivity contribution in [1.82, 2.24) is 14.8 Å². The van der Waals surface area contributed by atoms with Crippen LogP contribution in [0.15, 0.2) is 48.5 Å². The van der Waals surface area contributed by atoms with E-state index in [1.807, 2.05) is 30.3 Å². The smallest absolute Gasteiger partial charge is 0.173 e. The van der Waals surface area contributed by atoms with Gasteiger partial charge in [0.15, 0.2) is 5.11 Å². The number of nitrogens with zero attached hydrogens (tertiary/aromatic N) is 3.